The lowest BCUT2D eigenvalue weighted by molar-refractivity contribution is -0.110. The fourth-order valence-corrected chi connectivity index (χ4v) is 3.83. The summed E-state index contributed by atoms with van der Waals surface area (Å²) in [5.41, 5.74) is 5.59. The molecule has 3 unspecified atom stereocenters. The van der Waals surface area contributed by atoms with E-state index in [1.54, 1.807) is 6.92 Å². The third kappa shape index (κ3) is 22.3. The van der Waals surface area contributed by atoms with Crippen LogP contribution in [0, 0.1) is 0 Å². The quantitative estimate of drug-likeness (QED) is 0.116. The minimum atomic E-state index is -1.23. The Hall–Kier alpha value is 0.110. The summed E-state index contributed by atoms with van der Waals surface area (Å²) < 4.78 is 21.1. The van der Waals surface area contributed by atoms with Crippen molar-refractivity contribution in [3.8, 4) is 0 Å². The van der Waals surface area contributed by atoms with Crippen LogP contribution in [-0.4, -0.2) is 12.5 Å². The molecule has 0 aromatic heterocycles. The molecule has 5 heteroatoms. The predicted octanol–water partition coefficient (Wildman–Crippen LogP) is 7.36. The van der Waals surface area contributed by atoms with Crippen LogP contribution in [0.2, 0.25) is 0 Å². The summed E-state index contributed by atoms with van der Waals surface area (Å²) in [4.78, 5) is 0. The molecule has 0 saturated carbocycles. The number of ether oxygens (including phenoxy) is 1. The summed E-state index contributed by atoms with van der Waals surface area (Å²) in [6, 6.07) is 0. The van der Waals surface area contributed by atoms with Crippen molar-refractivity contribution in [2.45, 2.75) is 142 Å². The first-order valence-electron chi connectivity index (χ1n) is 11.7. The maximum Gasteiger partial charge on any atom is 0.182 e. The van der Waals surface area contributed by atoms with E-state index in [0.717, 1.165) is 12.8 Å². The van der Waals surface area contributed by atoms with Crippen molar-refractivity contribution in [1.29, 1.82) is 0 Å². The second kappa shape index (κ2) is 22.4. The summed E-state index contributed by atoms with van der Waals surface area (Å²) >= 11 is 0. The summed E-state index contributed by atoms with van der Waals surface area (Å²) in [5.74, 6) is 0. The van der Waals surface area contributed by atoms with Gasteiger partial charge in [0.05, 0.1) is 0 Å². The standard InChI is InChI=1S/C22H48NO3P/c1-3-4-5-6-7-8-9-10-11-12-13-14-15-16-17-18-19-20-22(26-27-24)25-21(2)23/h21-22H,3-20,23,27H2,1-2H3. The lowest BCUT2D eigenvalue weighted by atomic mass is 10.0. The fourth-order valence-electron chi connectivity index (χ4n) is 3.51. The van der Waals surface area contributed by atoms with Crippen molar-refractivity contribution in [3.05, 3.63) is 0 Å². The molecule has 0 amide bonds. The zero-order valence-electron chi connectivity index (χ0n) is 18.3. The molecular weight excluding hydrogens is 357 g/mol. The molecule has 3 atom stereocenters. The van der Waals surface area contributed by atoms with Crippen molar-refractivity contribution < 1.29 is 13.8 Å². The average molecular weight is 406 g/mol. The van der Waals surface area contributed by atoms with Gasteiger partial charge in [0.25, 0.3) is 0 Å². The van der Waals surface area contributed by atoms with Crippen molar-refractivity contribution in [3.63, 3.8) is 0 Å². The first-order chi connectivity index (χ1) is 13.2. The third-order valence-electron chi connectivity index (χ3n) is 5.12. The third-order valence-corrected chi connectivity index (χ3v) is 5.53. The minimum Gasteiger partial charge on any atom is -0.335 e. The van der Waals surface area contributed by atoms with Crippen molar-refractivity contribution in [1.82, 2.24) is 0 Å². The molecule has 0 fully saturated rings. The summed E-state index contributed by atoms with van der Waals surface area (Å²) in [6.07, 6.45) is 23.3. The van der Waals surface area contributed by atoms with Gasteiger partial charge in [-0.05, 0) is 19.8 Å². The van der Waals surface area contributed by atoms with Gasteiger partial charge in [-0.2, -0.15) is 0 Å². The second-order valence-corrected chi connectivity index (χ2v) is 8.41. The molecule has 0 aromatic carbocycles. The van der Waals surface area contributed by atoms with Crippen LogP contribution in [0.3, 0.4) is 0 Å². The Kier molecular flexibility index (Phi) is 22.5. The van der Waals surface area contributed by atoms with Crippen LogP contribution in [0.1, 0.15) is 129 Å². The van der Waals surface area contributed by atoms with E-state index in [1.807, 2.05) is 0 Å². The van der Waals surface area contributed by atoms with E-state index in [0.29, 0.717) is 0 Å². The molecule has 4 nitrogen and oxygen atoms in total. The van der Waals surface area contributed by atoms with E-state index in [2.05, 4.69) is 6.92 Å². The van der Waals surface area contributed by atoms with E-state index < -0.39 is 15.0 Å². The fraction of sp³-hybridized carbons (Fsp3) is 1.00. The summed E-state index contributed by atoms with van der Waals surface area (Å²) in [6.45, 7) is 4.05. The highest BCUT2D eigenvalue weighted by Crippen LogP contribution is 2.17. The topological polar surface area (TPSA) is 61.5 Å². The maximum absolute atomic E-state index is 10.6. The van der Waals surface area contributed by atoms with Crippen LogP contribution >= 0.6 is 8.69 Å². The van der Waals surface area contributed by atoms with Crippen LogP contribution < -0.4 is 5.73 Å². The zero-order chi connectivity index (χ0) is 20.0. The highest BCUT2D eigenvalue weighted by molar-refractivity contribution is 7.17. The molecule has 0 heterocycles. The van der Waals surface area contributed by atoms with Gasteiger partial charge >= 0.3 is 0 Å². The second-order valence-electron chi connectivity index (χ2n) is 7.95. The van der Waals surface area contributed by atoms with Crippen LogP contribution in [-0.2, 0) is 13.8 Å². The smallest absolute Gasteiger partial charge is 0.182 e. The Balaban J connectivity index is 3.21. The zero-order valence-corrected chi connectivity index (χ0v) is 19.4. The van der Waals surface area contributed by atoms with Crippen LogP contribution in [0.15, 0.2) is 0 Å². The van der Waals surface area contributed by atoms with Crippen molar-refractivity contribution in [2.75, 3.05) is 0 Å². The van der Waals surface area contributed by atoms with Gasteiger partial charge in [0.2, 0.25) is 0 Å². The van der Waals surface area contributed by atoms with Gasteiger partial charge in [0.1, 0.15) is 6.23 Å². The number of rotatable bonds is 22. The minimum absolute atomic E-state index is 0.369. The lowest BCUT2D eigenvalue weighted by Crippen LogP contribution is -2.26. The van der Waals surface area contributed by atoms with Gasteiger partial charge in [-0.3, -0.25) is 4.57 Å². The number of hydrogen-bond acceptors (Lipinski definition) is 4. The molecule has 164 valence electrons. The Morgan fingerprint density at radius 1 is 0.704 bits per heavy atom. The molecule has 0 radical (unpaired) electrons. The molecule has 0 saturated heterocycles. The number of nitrogens with two attached hydrogens (primary N) is 1. The maximum atomic E-state index is 10.6. The van der Waals surface area contributed by atoms with Crippen LogP contribution in [0.4, 0.5) is 0 Å². The summed E-state index contributed by atoms with van der Waals surface area (Å²) in [5, 5.41) is 0. The molecule has 0 aliphatic rings. The molecule has 0 rings (SSSR count). The van der Waals surface area contributed by atoms with Gasteiger partial charge in [0.15, 0.2) is 15.0 Å². The lowest BCUT2D eigenvalue weighted by Gasteiger charge is -2.17. The van der Waals surface area contributed by atoms with Gasteiger partial charge in [-0.1, -0.05) is 110 Å². The Labute approximate surface area is 170 Å². The highest BCUT2D eigenvalue weighted by Gasteiger charge is 2.10. The van der Waals surface area contributed by atoms with Crippen molar-refractivity contribution in [2.24, 2.45) is 5.73 Å². The van der Waals surface area contributed by atoms with E-state index in [9.17, 15) is 4.57 Å². The molecule has 0 aliphatic carbocycles. The predicted molar refractivity (Wildman–Crippen MR) is 119 cm³/mol. The van der Waals surface area contributed by atoms with Gasteiger partial charge in [-0.15, -0.1) is 0 Å². The number of hydrogen-bond donors (Lipinski definition) is 1. The van der Waals surface area contributed by atoms with Crippen LogP contribution in [0.5, 0.6) is 0 Å². The monoisotopic (exact) mass is 405 g/mol. The SMILES string of the molecule is CCCCCCCCCCCCCCCCCCCC(O[PH2]=O)OC(C)N. The molecular formula is C22H48NO3P. The normalized spacial score (nSPS) is 14.2. The Morgan fingerprint density at radius 3 is 1.41 bits per heavy atom. The molecule has 2 N–H and O–H groups in total. The van der Waals surface area contributed by atoms with Crippen LogP contribution in [0.25, 0.3) is 0 Å². The van der Waals surface area contributed by atoms with Gasteiger partial charge < -0.3 is 15.0 Å². The molecule has 0 bridgehead atoms. The van der Waals surface area contributed by atoms with Gasteiger partial charge in [-0.25, -0.2) is 0 Å². The van der Waals surface area contributed by atoms with E-state index in [4.69, 9.17) is 15.0 Å². The summed E-state index contributed by atoms with van der Waals surface area (Å²) in [7, 11) is -1.23. The van der Waals surface area contributed by atoms with E-state index in [-0.39, 0.29) is 6.23 Å². The molecule has 27 heavy (non-hydrogen) atoms. The van der Waals surface area contributed by atoms with Gasteiger partial charge in [0, 0.05) is 0 Å². The molecule has 0 aromatic rings. The first kappa shape index (κ1) is 27.1. The number of unbranched alkanes of at least 4 members (excludes halogenated alkanes) is 16. The average Bonchev–Trinajstić information content (AvgIpc) is 2.64. The largest absolute Gasteiger partial charge is 0.335 e. The Morgan fingerprint density at radius 2 is 1.07 bits per heavy atom. The van der Waals surface area contributed by atoms with E-state index in [1.165, 1.54) is 103 Å². The van der Waals surface area contributed by atoms with E-state index >= 15 is 0 Å². The van der Waals surface area contributed by atoms with Crippen molar-refractivity contribution >= 4 is 8.69 Å². The highest BCUT2D eigenvalue weighted by atomic mass is 31.1. The Bertz CT molecular complexity index is 303. The first-order valence-corrected chi connectivity index (χ1v) is 12.6. The molecule has 0 aliphatic heterocycles. The molecule has 0 spiro atoms.